The van der Waals surface area contributed by atoms with Crippen molar-refractivity contribution in [3.8, 4) is 0 Å². The number of hydrogen-bond donors (Lipinski definition) is 1. The molecule has 0 aromatic heterocycles. The molecule has 2 heteroatoms. The van der Waals surface area contributed by atoms with Crippen LogP contribution in [0.2, 0.25) is 0 Å². The van der Waals surface area contributed by atoms with Gasteiger partial charge in [0.15, 0.2) is 0 Å². The fraction of sp³-hybridized carbons (Fsp3) is 0.778. The maximum atomic E-state index is 8.87. The van der Waals surface area contributed by atoms with Crippen molar-refractivity contribution in [3.05, 3.63) is 12.7 Å². The van der Waals surface area contributed by atoms with Crippen molar-refractivity contribution < 1.29 is 5.11 Å². The summed E-state index contributed by atoms with van der Waals surface area (Å²) >= 11 is 0. The van der Waals surface area contributed by atoms with E-state index in [0.29, 0.717) is 12.5 Å². The molecule has 1 aliphatic heterocycles. The number of likely N-dealkylation sites (tertiary alicyclic amines) is 1. The van der Waals surface area contributed by atoms with Crippen LogP contribution >= 0.6 is 0 Å². The van der Waals surface area contributed by atoms with Gasteiger partial charge in [0, 0.05) is 13.2 Å². The fourth-order valence-corrected chi connectivity index (χ4v) is 1.53. The maximum absolute atomic E-state index is 8.87. The molecule has 1 rings (SSSR count). The first-order chi connectivity index (χ1) is 5.36. The number of aliphatic hydroxyl groups is 1. The fourth-order valence-electron chi connectivity index (χ4n) is 1.53. The second-order valence-corrected chi connectivity index (χ2v) is 3.22. The number of nitrogens with zero attached hydrogens (tertiary/aromatic N) is 1. The number of aliphatic hydroxyl groups excluding tert-OH is 1. The Kier molecular flexibility index (Phi) is 3.60. The Morgan fingerprint density at radius 2 is 2.09 bits per heavy atom. The first-order valence-electron chi connectivity index (χ1n) is 4.31. The summed E-state index contributed by atoms with van der Waals surface area (Å²) in [6.07, 6.45) is 4.23. The Bertz CT molecular complexity index is 117. The Balaban J connectivity index is 2.18. The van der Waals surface area contributed by atoms with Gasteiger partial charge in [-0.05, 0) is 31.8 Å². The van der Waals surface area contributed by atoms with Crippen LogP contribution in [-0.2, 0) is 0 Å². The van der Waals surface area contributed by atoms with Gasteiger partial charge < -0.3 is 5.11 Å². The van der Waals surface area contributed by atoms with Crippen LogP contribution in [0.1, 0.15) is 12.8 Å². The SMILES string of the molecule is C=CCN1CCC(CO)CC1. The lowest BCUT2D eigenvalue weighted by Gasteiger charge is -2.29. The molecule has 1 heterocycles. The number of piperidine rings is 1. The minimum atomic E-state index is 0.363. The first kappa shape index (κ1) is 8.75. The number of rotatable bonds is 3. The van der Waals surface area contributed by atoms with Gasteiger partial charge in [-0.3, -0.25) is 4.90 Å². The van der Waals surface area contributed by atoms with Crippen LogP contribution in [0.25, 0.3) is 0 Å². The van der Waals surface area contributed by atoms with Gasteiger partial charge in [0.05, 0.1) is 0 Å². The van der Waals surface area contributed by atoms with E-state index in [4.69, 9.17) is 5.11 Å². The molecule has 0 aliphatic carbocycles. The molecular weight excluding hydrogens is 138 g/mol. The molecule has 0 radical (unpaired) electrons. The Morgan fingerprint density at radius 1 is 1.45 bits per heavy atom. The third kappa shape index (κ3) is 2.64. The normalized spacial score (nSPS) is 21.9. The zero-order chi connectivity index (χ0) is 8.10. The lowest BCUT2D eigenvalue weighted by molar-refractivity contribution is 0.139. The van der Waals surface area contributed by atoms with Crippen LogP contribution in [-0.4, -0.2) is 36.2 Å². The second kappa shape index (κ2) is 4.52. The van der Waals surface area contributed by atoms with Crippen LogP contribution in [0.4, 0.5) is 0 Å². The van der Waals surface area contributed by atoms with E-state index in [0.717, 1.165) is 32.5 Å². The monoisotopic (exact) mass is 155 g/mol. The van der Waals surface area contributed by atoms with Gasteiger partial charge in [-0.1, -0.05) is 6.08 Å². The molecule has 0 spiro atoms. The van der Waals surface area contributed by atoms with E-state index in [1.165, 1.54) is 0 Å². The molecule has 0 unspecified atom stereocenters. The molecule has 0 bridgehead atoms. The molecule has 0 aromatic rings. The molecular formula is C9H17NO. The number of hydrogen-bond acceptors (Lipinski definition) is 2. The molecule has 1 fully saturated rings. The zero-order valence-electron chi connectivity index (χ0n) is 7.00. The third-order valence-electron chi connectivity index (χ3n) is 2.35. The average Bonchev–Trinajstić information content (AvgIpc) is 2.07. The summed E-state index contributed by atoms with van der Waals surface area (Å²) in [4.78, 5) is 2.37. The molecule has 64 valence electrons. The minimum absolute atomic E-state index is 0.363. The van der Waals surface area contributed by atoms with Crippen LogP contribution in [0.3, 0.4) is 0 Å². The van der Waals surface area contributed by atoms with Crippen molar-refractivity contribution in [2.24, 2.45) is 5.92 Å². The summed E-state index contributed by atoms with van der Waals surface area (Å²) in [5.41, 5.74) is 0. The van der Waals surface area contributed by atoms with Crippen molar-refractivity contribution in [1.29, 1.82) is 0 Å². The second-order valence-electron chi connectivity index (χ2n) is 3.22. The van der Waals surface area contributed by atoms with Crippen molar-refractivity contribution in [2.75, 3.05) is 26.2 Å². The Labute approximate surface area is 68.5 Å². The van der Waals surface area contributed by atoms with Gasteiger partial charge in [-0.2, -0.15) is 0 Å². The molecule has 1 saturated heterocycles. The predicted octanol–water partition coefficient (Wildman–Crippen LogP) is 0.877. The lowest BCUT2D eigenvalue weighted by atomic mass is 9.98. The standard InChI is InChI=1S/C9H17NO/c1-2-5-10-6-3-9(8-11)4-7-10/h2,9,11H,1,3-8H2. The summed E-state index contributed by atoms with van der Waals surface area (Å²) in [5, 5.41) is 8.87. The van der Waals surface area contributed by atoms with Gasteiger partial charge >= 0.3 is 0 Å². The lowest BCUT2D eigenvalue weighted by Crippen LogP contribution is -2.34. The highest BCUT2D eigenvalue weighted by atomic mass is 16.3. The van der Waals surface area contributed by atoms with E-state index in [9.17, 15) is 0 Å². The Hall–Kier alpha value is -0.340. The largest absolute Gasteiger partial charge is 0.396 e. The summed E-state index contributed by atoms with van der Waals surface area (Å²) in [6, 6.07) is 0. The van der Waals surface area contributed by atoms with Crippen molar-refractivity contribution in [3.63, 3.8) is 0 Å². The molecule has 0 amide bonds. The minimum Gasteiger partial charge on any atom is -0.396 e. The van der Waals surface area contributed by atoms with Crippen LogP contribution in [0, 0.1) is 5.92 Å². The summed E-state index contributed by atoms with van der Waals surface area (Å²) in [7, 11) is 0. The summed E-state index contributed by atoms with van der Waals surface area (Å²) in [5.74, 6) is 0.552. The quantitative estimate of drug-likeness (QED) is 0.611. The van der Waals surface area contributed by atoms with Gasteiger partial charge in [0.1, 0.15) is 0 Å². The van der Waals surface area contributed by atoms with E-state index in [-0.39, 0.29) is 0 Å². The van der Waals surface area contributed by atoms with Gasteiger partial charge in [0.25, 0.3) is 0 Å². The van der Waals surface area contributed by atoms with Crippen molar-refractivity contribution in [2.45, 2.75) is 12.8 Å². The third-order valence-corrected chi connectivity index (χ3v) is 2.35. The zero-order valence-corrected chi connectivity index (χ0v) is 7.00. The highest BCUT2D eigenvalue weighted by Gasteiger charge is 2.16. The van der Waals surface area contributed by atoms with Crippen LogP contribution in [0.5, 0.6) is 0 Å². The summed E-state index contributed by atoms with van der Waals surface area (Å²) < 4.78 is 0. The van der Waals surface area contributed by atoms with Crippen molar-refractivity contribution >= 4 is 0 Å². The van der Waals surface area contributed by atoms with Gasteiger partial charge in [-0.15, -0.1) is 6.58 Å². The molecule has 2 nitrogen and oxygen atoms in total. The van der Waals surface area contributed by atoms with Gasteiger partial charge in [-0.25, -0.2) is 0 Å². The Morgan fingerprint density at radius 3 is 2.55 bits per heavy atom. The van der Waals surface area contributed by atoms with Crippen LogP contribution < -0.4 is 0 Å². The molecule has 0 atom stereocenters. The van der Waals surface area contributed by atoms with E-state index >= 15 is 0 Å². The molecule has 0 aromatic carbocycles. The van der Waals surface area contributed by atoms with E-state index < -0.39 is 0 Å². The summed E-state index contributed by atoms with van der Waals surface area (Å²) in [6.45, 7) is 7.31. The van der Waals surface area contributed by atoms with E-state index in [1.54, 1.807) is 0 Å². The molecule has 1 aliphatic rings. The van der Waals surface area contributed by atoms with E-state index in [2.05, 4.69) is 11.5 Å². The topological polar surface area (TPSA) is 23.5 Å². The van der Waals surface area contributed by atoms with Crippen LogP contribution in [0.15, 0.2) is 12.7 Å². The highest BCUT2D eigenvalue weighted by molar-refractivity contribution is 4.78. The van der Waals surface area contributed by atoms with Crippen molar-refractivity contribution in [1.82, 2.24) is 4.90 Å². The predicted molar refractivity (Wildman–Crippen MR) is 46.4 cm³/mol. The van der Waals surface area contributed by atoms with Gasteiger partial charge in [0.2, 0.25) is 0 Å². The highest BCUT2D eigenvalue weighted by Crippen LogP contribution is 2.15. The molecule has 1 N–H and O–H groups in total. The average molecular weight is 155 g/mol. The van der Waals surface area contributed by atoms with E-state index in [1.807, 2.05) is 6.08 Å². The molecule has 0 saturated carbocycles. The molecule has 11 heavy (non-hydrogen) atoms. The maximum Gasteiger partial charge on any atom is 0.0460 e. The smallest absolute Gasteiger partial charge is 0.0460 e. The first-order valence-corrected chi connectivity index (χ1v) is 4.31.